The third kappa shape index (κ3) is 3.54. The molecule has 4 heteroatoms. The Morgan fingerprint density at radius 3 is 2.94 bits per heavy atom. The molecule has 1 aliphatic carbocycles. The number of ether oxygens (including phenoxy) is 1. The summed E-state index contributed by atoms with van der Waals surface area (Å²) in [4.78, 5) is 4.29. The van der Waals surface area contributed by atoms with Crippen molar-refractivity contribution < 1.29 is 9.15 Å². The van der Waals surface area contributed by atoms with Gasteiger partial charge in [-0.05, 0) is 39.7 Å². The second-order valence-corrected chi connectivity index (χ2v) is 5.16. The molecular weight excluding hydrogens is 216 g/mol. The van der Waals surface area contributed by atoms with E-state index in [-0.39, 0.29) is 0 Å². The zero-order valence-electron chi connectivity index (χ0n) is 11.0. The first-order valence-electron chi connectivity index (χ1n) is 6.35. The van der Waals surface area contributed by atoms with Crippen LogP contribution in [0.1, 0.15) is 44.8 Å². The Hall–Kier alpha value is -0.870. The smallest absolute Gasteiger partial charge is 0.194 e. The minimum Gasteiger partial charge on any atom is -0.443 e. The van der Waals surface area contributed by atoms with Gasteiger partial charge in [0.25, 0.3) is 0 Å². The molecule has 1 heterocycles. The van der Waals surface area contributed by atoms with Crippen molar-refractivity contribution in [3.63, 3.8) is 0 Å². The Morgan fingerprint density at radius 1 is 1.53 bits per heavy atom. The van der Waals surface area contributed by atoms with Gasteiger partial charge in [0.2, 0.25) is 0 Å². The number of oxazole rings is 1. The van der Waals surface area contributed by atoms with Crippen LogP contribution in [0.2, 0.25) is 0 Å². The van der Waals surface area contributed by atoms with E-state index in [4.69, 9.17) is 9.15 Å². The van der Waals surface area contributed by atoms with Crippen LogP contribution in [0.3, 0.4) is 0 Å². The molecule has 2 rings (SSSR count). The molecule has 1 aromatic rings. The lowest BCUT2D eigenvalue weighted by atomic mass is 10.1. The standard InChI is InChI=1S/C13H22N2O2/c1-13(2,16-3)11-9-15-12(17-11)5-4-8-14-10-6-7-10/h9-10,14H,4-8H2,1-3H3. The minimum atomic E-state index is -0.391. The first kappa shape index (κ1) is 12.6. The van der Waals surface area contributed by atoms with E-state index < -0.39 is 5.60 Å². The van der Waals surface area contributed by atoms with Gasteiger partial charge in [0.1, 0.15) is 5.60 Å². The van der Waals surface area contributed by atoms with Gasteiger partial charge in [-0.25, -0.2) is 4.98 Å². The van der Waals surface area contributed by atoms with Gasteiger partial charge in [-0.3, -0.25) is 0 Å². The molecule has 1 saturated carbocycles. The molecule has 0 radical (unpaired) electrons. The maximum Gasteiger partial charge on any atom is 0.194 e. The van der Waals surface area contributed by atoms with E-state index in [1.54, 1.807) is 13.3 Å². The average Bonchev–Trinajstić information content (AvgIpc) is 3.01. The van der Waals surface area contributed by atoms with Gasteiger partial charge in [-0.1, -0.05) is 0 Å². The molecule has 1 fully saturated rings. The number of aryl methyl sites for hydroxylation is 1. The molecule has 1 N–H and O–H groups in total. The molecule has 1 aliphatic rings. The zero-order valence-corrected chi connectivity index (χ0v) is 11.0. The SMILES string of the molecule is COC(C)(C)c1cnc(CCCNC2CC2)o1. The van der Waals surface area contributed by atoms with Crippen LogP contribution < -0.4 is 5.32 Å². The van der Waals surface area contributed by atoms with E-state index in [0.29, 0.717) is 0 Å². The summed E-state index contributed by atoms with van der Waals surface area (Å²) in [6.45, 7) is 5.01. The van der Waals surface area contributed by atoms with Crippen LogP contribution in [0.25, 0.3) is 0 Å². The molecule has 4 nitrogen and oxygen atoms in total. The molecular formula is C13H22N2O2. The Balaban J connectivity index is 1.76. The molecule has 0 unspecified atom stereocenters. The van der Waals surface area contributed by atoms with Crippen molar-refractivity contribution in [2.45, 2.75) is 51.2 Å². The lowest BCUT2D eigenvalue weighted by Gasteiger charge is -2.18. The second-order valence-electron chi connectivity index (χ2n) is 5.16. The number of methoxy groups -OCH3 is 1. The molecule has 0 atom stereocenters. The Bertz CT molecular complexity index is 356. The first-order valence-corrected chi connectivity index (χ1v) is 6.35. The summed E-state index contributed by atoms with van der Waals surface area (Å²) < 4.78 is 11.1. The molecule has 0 aliphatic heterocycles. The number of nitrogens with one attached hydrogen (secondary N) is 1. The highest BCUT2D eigenvalue weighted by Crippen LogP contribution is 2.24. The monoisotopic (exact) mass is 238 g/mol. The van der Waals surface area contributed by atoms with Gasteiger partial charge in [0.15, 0.2) is 11.7 Å². The van der Waals surface area contributed by atoms with E-state index in [1.165, 1.54) is 12.8 Å². The zero-order chi connectivity index (χ0) is 12.3. The third-order valence-corrected chi connectivity index (χ3v) is 3.24. The highest BCUT2D eigenvalue weighted by molar-refractivity contribution is 5.03. The van der Waals surface area contributed by atoms with Gasteiger partial charge in [0.05, 0.1) is 6.20 Å². The van der Waals surface area contributed by atoms with Gasteiger partial charge < -0.3 is 14.5 Å². The summed E-state index contributed by atoms with van der Waals surface area (Å²) in [5.41, 5.74) is -0.391. The largest absolute Gasteiger partial charge is 0.443 e. The van der Waals surface area contributed by atoms with Crippen LogP contribution in [0.4, 0.5) is 0 Å². The van der Waals surface area contributed by atoms with Crippen molar-refractivity contribution in [3.8, 4) is 0 Å². The van der Waals surface area contributed by atoms with E-state index in [9.17, 15) is 0 Å². The highest BCUT2D eigenvalue weighted by atomic mass is 16.5. The summed E-state index contributed by atoms with van der Waals surface area (Å²) >= 11 is 0. The lowest BCUT2D eigenvalue weighted by Crippen LogP contribution is -2.18. The lowest BCUT2D eigenvalue weighted by molar-refractivity contribution is 0.0000955. The molecule has 1 aromatic heterocycles. The van der Waals surface area contributed by atoms with Crippen molar-refractivity contribution in [2.75, 3.05) is 13.7 Å². The molecule has 17 heavy (non-hydrogen) atoms. The summed E-state index contributed by atoms with van der Waals surface area (Å²) in [5, 5.41) is 3.48. The fourth-order valence-corrected chi connectivity index (χ4v) is 1.64. The topological polar surface area (TPSA) is 47.3 Å². The van der Waals surface area contributed by atoms with E-state index >= 15 is 0 Å². The van der Waals surface area contributed by atoms with Gasteiger partial charge in [0, 0.05) is 19.6 Å². The molecule has 96 valence electrons. The van der Waals surface area contributed by atoms with E-state index in [2.05, 4.69) is 10.3 Å². The summed E-state index contributed by atoms with van der Waals surface area (Å²) in [6, 6.07) is 0.780. The number of hydrogen-bond acceptors (Lipinski definition) is 4. The Morgan fingerprint density at radius 2 is 2.29 bits per heavy atom. The van der Waals surface area contributed by atoms with Crippen molar-refractivity contribution in [1.29, 1.82) is 0 Å². The predicted molar refractivity (Wildman–Crippen MR) is 65.9 cm³/mol. The molecule has 0 bridgehead atoms. The molecule has 0 amide bonds. The van der Waals surface area contributed by atoms with Crippen LogP contribution >= 0.6 is 0 Å². The van der Waals surface area contributed by atoms with Crippen LogP contribution in [0.5, 0.6) is 0 Å². The summed E-state index contributed by atoms with van der Waals surface area (Å²) in [7, 11) is 1.68. The van der Waals surface area contributed by atoms with Crippen LogP contribution in [0.15, 0.2) is 10.6 Å². The maximum atomic E-state index is 5.70. The highest BCUT2D eigenvalue weighted by Gasteiger charge is 2.24. The van der Waals surface area contributed by atoms with Gasteiger partial charge >= 0.3 is 0 Å². The molecule has 0 spiro atoms. The average molecular weight is 238 g/mol. The first-order chi connectivity index (χ1) is 8.12. The van der Waals surface area contributed by atoms with Crippen LogP contribution in [0, 0.1) is 0 Å². The van der Waals surface area contributed by atoms with Crippen molar-refractivity contribution in [2.24, 2.45) is 0 Å². The minimum absolute atomic E-state index is 0.391. The second kappa shape index (κ2) is 5.19. The van der Waals surface area contributed by atoms with Crippen molar-refractivity contribution in [3.05, 3.63) is 17.8 Å². The molecule has 0 aromatic carbocycles. The maximum absolute atomic E-state index is 5.70. The van der Waals surface area contributed by atoms with Crippen LogP contribution in [-0.4, -0.2) is 24.7 Å². The summed E-state index contributed by atoms with van der Waals surface area (Å²) in [5.74, 6) is 1.60. The number of rotatable bonds is 7. The normalized spacial score (nSPS) is 16.4. The third-order valence-electron chi connectivity index (χ3n) is 3.24. The number of nitrogens with zero attached hydrogens (tertiary/aromatic N) is 1. The fraction of sp³-hybridized carbons (Fsp3) is 0.769. The van der Waals surface area contributed by atoms with Crippen molar-refractivity contribution in [1.82, 2.24) is 10.3 Å². The van der Waals surface area contributed by atoms with Gasteiger partial charge in [-0.2, -0.15) is 0 Å². The van der Waals surface area contributed by atoms with Crippen LogP contribution in [-0.2, 0) is 16.8 Å². The summed E-state index contributed by atoms with van der Waals surface area (Å²) in [6.07, 6.45) is 6.41. The predicted octanol–water partition coefficient (Wildman–Crippen LogP) is 2.24. The number of aromatic nitrogens is 1. The van der Waals surface area contributed by atoms with Crippen molar-refractivity contribution >= 4 is 0 Å². The fourth-order valence-electron chi connectivity index (χ4n) is 1.64. The van der Waals surface area contributed by atoms with E-state index in [0.717, 1.165) is 37.1 Å². The van der Waals surface area contributed by atoms with Gasteiger partial charge in [-0.15, -0.1) is 0 Å². The van der Waals surface area contributed by atoms with E-state index in [1.807, 2.05) is 13.8 Å². The molecule has 0 saturated heterocycles. The Labute approximate surface area is 103 Å². The Kier molecular flexibility index (Phi) is 3.84. The quantitative estimate of drug-likeness (QED) is 0.740. The number of hydrogen-bond donors (Lipinski definition) is 1.